The fraction of sp³-hybridized carbons (Fsp3) is 0.955. The van der Waals surface area contributed by atoms with Crippen molar-refractivity contribution in [2.24, 2.45) is 22.2 Å². The van der Waals surface area contributed by atoms with Gasteiger partial charge < -0.3 is 20.3 Å². The third-order valence-corrected chi connectivity index (χ3v) is 6.31. The number of piperidine rings is 1. The molecule has 0 spiro atoms. The number of hydrogen-bond donors (Lipinski definition) is 2. The van der Waals surface area contributed by atoms with Crippen LogP contribution in [0.5, 0.6) is 0 Å². The fourth-order valence-corrected chi connectivity index (χ4v) is 4.71. The van der Waals surface area contributed by atoms with Crippen LogP contribution in [0.25, 0.3) is 0 Å². The Morgan fingerprint density at radius 1 is 1.15 bits per heavy atom. The Labute approximate surface area is 167 Å². The molecule has 1 saturated heterocycles. The number of likely N-dealkylation sites (tertiary alicyclic amines) is 1. The zero-order valence-electron chi connectivity index (χ0n) is 18.4. The van der Waals surface area contributed by atoms with Gasteiger partial charge in [-0.2, -0.15) is 0 Å². The fourth-order valence-electron chi connectivity index (χ4n) is 4.71. The van der Waals surface area contributed by atoms with Crippen molar-refractivity contribution < 1.29 is 4.74 Å². The molecule has 2 aliphatic rings. The molecule has 0 radical (unpaired) electrons. The number of nitrogens with one attached hydrogen (secondary N) is 2. The van der Waals surface area contributed by atoms with Crippen LogP contribution in [-0.2, 0) is 4.74 Å². The van der Waals surface area contributed by atoms with Gasteiger partial charge in [0, 0.05) is 46.4 Å². The minimum Gasteiger partial charge on any atom is -0.385 e. The summed E-state index contributed by atoms with van der Waals surface area (Å²) in [6, 6.07) is 0. The molecular weight excluding hydrogens is 336 g/mol. The van der Waals surface area contributed by atoms with E-state index in [1.54, 1.807) is 7.11 Å². The lowest BCUT2D eigenvalue weighted by molar-refractivity contribution is 0.0778. The van der Waals surface area contributed by atoms with E-state index in [9.17, 15) is 0 Å². The molecule has 0 aromatic rings. The molecule has 2 unspecified atom stereocenters. The topological polar surface area (TPSA) is 48.9 Å². The van der Waals surface area contributed by atoms with Crippen LogP contribution in [0.2, 0.25) is 0 Å². The molecule has 5 heteroatoms. The standard InChI is InChI=1S/C22H44N4O/c1-5-23-21(25-18-22(9-8-10-22)11-14-27-4)24-12-6-7-13-26-16-19(2)15-20(3)17-26/h19-20H,5-18H2,1-4H3,(H2,23,24,25). The first-order valence-electron chi connectivity index (χ1n) is 11.3. The SMILES string of the molecule is CCNC(=NCC1(CCOC)CCC1)NCCCCN1CC(C)CC(C)C1. The summed E-state index contributed by atoms with van der Waals surface area (Å²) in [5.41, 5.74) is 0.389. The molecule has 0 aromatic carbocycles. The van der Waals surface area contributed by atoms with Gasteiger partial charge in [-0.25, -0.2) is 0 Å². The molecule has 1 heterocycles. The van der Waals surface area contributed by atoms with E-state index in [2.05, 4.69) is 36.3 Å². The number of ether oxygens (including phenoxy) is 1. The van der Waals surface area contributed by atoms with Crippen molar-refractivity contribution in [1.82, 2.24) is 15.5 Å². The van der Waals surface area contributed by atoms with Crippen molar-refractivity contribution in [3.05, 3.63) is 0 Å². The molecule has 5 nitrogen and oxygen atoms in total. The van der Waals surface area contributed by atoms with Gasteiger partial charge in [-0.05, 0) is 69.2 Å². The largest absolute Gasteiger partial charge is 0.385 e. The van der Waals surface area contributed by atoms with Crippen LogP contribution in [0.3, 0.4) is 0 Å². The Morgan fingerprint density at radius 3 is 2.48 bits per heavy atom. The molecule has 1 aliphatic carbocycles. The first-order valence-corrected chi connectivity index (χ1v) is 11.3. The van der Waals surface area contributed by atoms with Gasteiger partial charge in [0.25, 0.3) is 0 Å². The molecule has 27 heavy (non-hydrogen) atoms. The average molecular weight is 381 g/mol. The van der Waals surface area contributed by atoms with E-state index in [0.717, 1.165) is 50.5 Å². The van der Waals surface area contributed by atoms with Gasteiger partial charge >= 0.3 is 0 Å². The molecule has 2 fully saturated rings. The van der Waals surface area contributed by atoms with Crippen LogP contribution >= 0.6 is 0 Å². The number of methoxy groups -OCH3 is 1. The van der Waals surface area contributed by atoms with Crippen molar-refractivity contribution >= 4 is 5.96 Å². The summed E-state index contributed by atoms with van der Waals surface area (Å²) in [5, 5.41) is 6.95. The number of aliphatic imine (C=N–C) groups is 1. The van der Waals surface area contributed by atoms with Crippen molar-refractivity contribution in [3.63, 3.8) is 0 Å². The highest BCUT2D eigenvalue weighted by Gasteiger charge is 2.36. The summed E-state index contributed by atoms with van der Waals surface area (Å²) < 4.78 is 5.30. The molecule has 1 saturated carbocycles. The maximum atomic E-state index is 5.30. The lowest BCUT2D eigenvalue weighted by Gasteiger charge is -2.40. The van der Waals surface area contributed by atoms with Gasteiger partial charge in [0.15, 0.2) is 5.96 Å². The molecule has 2 atom stereocenters. The zero-order valence-corrected chi connectivity index (χ0v) is 18.4. The Kier molecular flexibility index (Phi) is 9.91. The number of rotatable bonds is 11. The van der Waals surface area contributed by atoms with E-state index in [0.29, 0.717) is 5.41 Å². The van der Waals surface area contributed by atoms with Gasteiger partial charge in [0.1, 0.15) is 0 Å². The van der Waals surface area contributed by atoms with E-state index in [1.165, 1.54) is 58.2 Å². The number of hydrogen-bond acceptors (Lipinski definition) is 3. The molecular formula is C22H44N4O. The van der Waals surface area contributed by atoms with Gasteiger partial charge in [-0.3, -0.25) is 4.99 Å². The summed E-state index contributed by atoms with van der Waals surface area (Å²) in [6.07, 6.45) is 8.95. The summed E-state index contributed by atoms with van der Waals surface area (Å²) in [6.45, 7) is 14.4. The van der Waals surface area contributed by atoms with Gasteiger partial charge in [-0.1, -0.05) is 20.3 Å². The van der Waals surface area contributed by atoms with Gasteiger partial charge in [0.2, 0.25) is 0 Å². The highest BCUT2D eigenvalue weighted by atomic mass is 16.5. The molecule has 158 valence electrons. The van der Waals surface area contributed by atoms with E-state index >= 15 is 0 Å². The van der Waals surface area contributed by atoms with Gasteiger partial charge in [0.05, 0.1) is 0 Å². The number of nitrogens with zero attached hydrogens (tertiary/aromatic N) is 2. The smallest absolute Gasteiger partial charge is 0.191 e. The second-order valence-electron chi connectivity index (χ2n) is 9.13. The van der Waals surface area contributed by atoms with E-state index in [1.807, 2.05) is 0 Å². The van der Waals surface area contributed by atoms with Crippen LogP contribution < -0.4 is 10.6 Å². The second-order valence-corrected chi connectivity index (χ2v) is 9.13. The van der Waals surface area contributed by atoms with Crippen LogP contribution in [0.15, 0.2) is 4.99 Å². The van der Waals surface area contributed by atoms with Gasteiger partial charge in [-0.15, -0.1) is 0 Å². The zero-order chi connectivity index (χ0) is 19.5. The third-order valence-electron chi connectivity index (χ3n) is 6.31. The molecule has 0 aromatic heterocycles. The predicted molar refractivity (Wildman–Crippen MR) is 115 cm³/mol. The molecule has 2 N–H and O–H groups in total. The van der Waals surface area contributed by atoms with Crippen molar-refractivity contribution in [2.75, 3.05) is 53.0 Å². The highest BCUT2D eigenvalue weighted by Crippen LogP contribution is 2.44. The lowest BCUT2D eigenvalue weighted by atomic mass is 9.67. The van der Waals surface area contributed by atoms with Crippen LogP contribution in [0.4, 0.5) is 0 Å². The minimum atomic E-state index is 0.389. The molecule has 1 aliphatic heterocycles. The number of unbranched alkanes of at least 4 members (excludes halogenated alkanes) is 1. The predicted octanol–water partition coefficient (Wildman–Crippen LogP) is 3.51. The average Bonchev–Trinajstić information content (AvgIpc) is 2.59. The Morgan fingerprint density at radius 2 is 1.89 bits per heavy atom. The lowest BCUT2D eigenvalue weighted by Crippen LogP contribution is -2.41. The number of guanidine groups is 1. The van der Waals surface area contributed by atoms with Crippen LogP contribution in [0, 0.1) is 17.3 Å². The second kappa shape index (κ2) is 11.9. The quantitative estimate of drug-likeness (QED) is 0.327. The van der Waals surface area contributed by atoms with Crippen LogP contribution in [0.1, 0.15) is 65.7 Å². The minimum absolute atomic E-state index is 0.389. The van der Waals surface area contributed by atoms with Crippen molar-refractivity contribution in [3.8, 4) is 0 Å². The highest BCUT2D eigenvalue weighted by molar-refractivity contribution is 5.79. The van der Waals surface area contributed by atoms with E-state index < -0.39 is 0 Å². The van der Waals surface area contributed by atoms with E-state index in [-0.39, 0.29) is 0 Å². The summed E-state index contributed by atoms with van der Waals surface area (Å²) in [7, 11) is 1.80. The molecule has 2 rings (SSSR count). The Bertz CT molecular complexity index is 426. The summed E-state index contributed by atoms with van der Waals surface area (Å²) in [4.78, 5) is 7.56. The Balaban J connectivity index is 1.66. The monoisotopic (exact) mass is 380 g/mol. The first kappa shape index (κ1) is 22.5. The molecule has 0 bridgehead atoms. The Hall–Kier alpha value is -0.810. The first-order chi connectivity index (χ1) is 13.1. The molecule has 0 amide bonds. The maximum absolute atomic E-state index is 5.30. The van der Waals surface area contributed by atoms with Crippen molar-refractivity contribution in [2.45, 2.75) is 65.7 Å². The normalized spacial score (nSPS) is 25.9. The maximum Gasteiger partial charge on any atom is 0.191 e. The van der Waals surface area contributed by atoms with Crippen molar-refractivity contribution in [1.29, 1.82) is 0 Å². The third kappa shape index (κ3) is 7.98. The van der Waals surface area contributed by atoms with E-state index in [4.69, 9.17) is 9.73 Å². The summed E-state index contributed by atoms with van der Waals surface area (Å²) >= 11 is 0. The summed E-state index contributed by atoms with van der Waals surface area (Å²) in [5.74, 6) is 2.70. The van der Waals surface area contributed by atoms with Crippen LogP contribution in [-0.4, -0.2) is 63.8 Å².